The van der Waals surface area contributed by atoms with Crippen LogP contribution < -0.4 is 4.74 Å². The van der Waals surface area contributed by atoms with E-state index in [2.05, 4.69) is 19.9 Å². The molecule has 19 heavy (non-hydrogen) atoms. The zero-order chi connectivity index (χ0) is 14.6. The summed E-state index contributed by atoms with van der Waals surface area (Å²) in [5.41, 5.74) is 2.11. The molecule has 0 unspecified atom stereocenters. The molecule has 0 bridgehead atoms. The van der Waals surface area contributed by atoms with Gasteiger partial charge in [-0.15, -0.1) is 0 Å². The van der Waals surface area contributed by atoms with E-state index in [-0.39, 0.29) is 17.9 Å². The molecule has 0 fully saturated rings. The van der Waals surface area contributed by atoms with Gasteiger partial charge >= 0.3 is 5.97 Å². The van der Waals surface area contributed by atoms with Crippen molar-refractivity contribution >= 4 is 5.97 Å². The molecule has 0 amide bonds. The number of carboxylic acid groups (broad SMARTS) is 1. The van der Waals surface area contributed by atoms with Crippen LogP contribution in [0.5, 0.6) is 5.75 Å². The van der Waals surface area contributed by atoms with Crippen molar-refractivity contribution in [2.24, 2.45) is 0 Å². The lowest BCUT2D eigenvalue weighted by Gasteiger charge is -2.25. The van der Waals surface area contributed by atoms with Crippen LogP contribution >= 0.6 is 0 Å². The summed E-state index contributed by atoms with van der Waals surface area (Å²) in [5, 5.41) is 8.80. The standard InChI is InChI=1S/C16H24O3/c1-11(2)19-14-7-6-13(10-12(14)3)16(4,5)9-8-15(17)18/h6-7,10-11H,8-9H2,1-5H3,(H,17,18). The summed E-state index contributed by atoms with van der Waals surface area (Å²) in [5.74, 6) is 0.150. The molecule has 0 saturated carbocycles. The Hall–Kier alpha value is -1.51. The van der Waals surface area contributed by atoms with Crippen LogP contribution in [0.25, 0.3) is 0 Å². The summed E-state index contributed by atoms with van der Waals surface area (Å²) >= 11 is 0. The van der Waals surface area contributed by atoms with Crippen molar-refractivity contribution in [2.45, 2.75) is 59.0 Å². The molecule has 0 aliphatic carbocycles. The predicted octanol–water partition coefficient (Wildman–Crippen LogP) is 3.92. The van der Waals surface area contributed by atoms with Crippen LogP contribution in [-0.4, -0.2) is 17.2 Å². The van der Waals surface area contributed by atoms with Crippen LogP contribution in [0, 0.1) is 6.92 Å². The van der Waals surface area contributed by atoms with Crippen molar-refractivity contribution in [3.05, 3.63) is 29.3 Å². The molecule has 1 N–H and O–H groups in total. The minimum absolute atomic E-state index is 0.139. The highest BCUT2D eigenvalue weighted by atomic mass is 16.5. The quantitative estimate of drug-likeness (QED) is 0.847. The van der Waals surface area contributed by atoms with Crippen LogP contribution in [-0.2, 0) is 10.2 Å². The maximum absolute atomic E-state index is 10.7. The molecule has 1 aromatic carbocycles. The lowest BCUT2D eigenvalue weighted by atomic mass is 9.80. The van der Waals surface area contributed by atoms with Crippen molar-refractivity contribution in [2.75, 3.05) is 0 Å². The third kappa shape index (κ3) is 4.58. The van der Waals surface area contributed by atoms with E-state index in [0.29, 0.717) is 6.42 Å². The van der Waals surface area contributed by atoms with E-state index in [0.717, 1.165) is 16.9 Å². The summed E-state index contributed by atoms with van der Waals surface area (Å²) < 4.78 is 5.72. The maximum Gasteiger partial charge on any atom is 0.303 e. The van der Waals surface area contributed by atoms with E-state index in [1.807, 2.05) is 32.9 Å². The van der Waals surface area contributed by atoms with Crippen LogP contribution in [0.1, 0.15) is 51.7 Å². The van der Waals surface area contributed by atoms with Crippen LogP contribution in [0.4, 0.5) is 0 Å². The molecule has 0 radical (unpaired) electrons. The topological polar surface area (TPSA) is 46.5 Å². The summed E-state index contributed by atoms with van der Waals surface area (Å²) in [6.07, 6.45) is 0.979. The number of aliphatic carboxylic acids is 1. The van der Waals surface area contributed by atoms with E-state index in [4.69, 9.17) is 9.84 Å². The molecular weight excluding hydrogens is 240 g/mol. The Morgan fingerprint density at radius 1 is 1.37 bits per heavy atom. The Bertz CT molecular complexity index is 447. The van der Waals surface area contributed by atoms with E-state index < -0.39 is 5.97 Å². The molecule has 0 aliphatic rings. The first-order valence-electron chi connectivity index (χ1n) is 6.72. The molecule has 3 nitrogen and oxygen atoms in total. The number of ether oxygens (including phenoxy) is 1. The number of hydrogen-bond donors (Lipinski definition) is 1. The lowest BCUT2D eigenvalue weighted by molar-refractivity contribution is -0.137. The number of carbonyl (C=O) groups is 1. The van der Waals surface area contributed by atoms with Gasteiger partial charge in [-0.25, -0.2) is 0 Å². The van der Waals surface area contributed by atoms with Crippen molar-refractivity contribution in [3.63, 3.8) is 0 Å². The average Bonchev–Trinajstić information content (AvgIpc) is 2.28. The van der Waals surface area contributed by atoms with Gasteiger partial charge in [0.25, 0.3) is 0 Å². The SMILES string of the molecule is Cc1cc(C(C)(C)CCC(=O)O)ccc1OC(C)C. The van der Waals surface area contributed by atoms with Gasteiger partial charge in [0.2, 0.25) is 0 Å². The highest BCUT2D eigenvalue weighted by Crippen LogP contribution is 2.31. The van der Waals surface area contributed by atoms with E-state index >= 15 is 0 Å². The zero-order valence-electron chi connectivity index (χ0n) is 12.5. The highest BCUT2D eigenvalue weighted by molar-refractivity contribution is 5.66. The first kappa shape index (κ1) is 15.5. The molecule has 0 atom stereocenters. The molecule has 0 aliphatic heterocycles. The molecule has 1 aromatic rings. The fourth-order valence-electron chi connectivity index (χ4n) is 2.02. The lowest BCUT2D eigenvalue weighted by Crippen LogP contribution is -2.19. The fourth-order valence-corrected chi connectivity index (χ4v) is 2.02. The van der Waals surface area contributed by atoms with E-state index in [1.54, 1.807) is 0 Å². The third-order valence-corrected chi connectivity index (χ3v) is 3.28. The second-order valence-corrected chi connectivity index (χ2v) is 5.92. The molecule has 106 valence electrons. The van der Waals surface area contributed by atoms with Gasteiger partial charge in [0.1, 0.15) is 5.75 Å². The van der Waals surface area contributed by atoms with E-state index in [9.17, 15) is 4.79 Å². The Morgan fingerprint density at radius 2 is 2.00 bits per heavy atom. The van der Waals surface area contributed by atoms with Gasteiger partial charge in [0, 0.05) is 6.42 Å². The smallest absolute Gasteiger partial charge is 0.303 e. The minimum atomic E-state index is -0.746. The highest BCUT2D eigenvalue weighted by Gasteiger charge is 2.22. The number of carboxylic acids is 1. The number of aryl methyl sites for hydroxylation is 1. The number of rotatable bonds is 6. The molecule has 0 aromatic heterocycles. The third-order valence-electron chi connectivity index (χ3n) is 3.28. The van der Waals surface area contributed by atoms with Crippen LogP contribution in [0.2, 0.25) is 0 Å². The Balaban J connectivity index is 2.89. The van der Waals surface area contributed by atoms with Crippen LogP contribution in [0.3, 0.4) is 0 Å². The largest absolute Gasteiger partial charge is 0.491 e. The maximum atomic E-state index is 10.7. The van der Waals surface area contributed by atoms with Crippen molar-refractivity contribution in [3.8, 4) is 5.75 Å². The molecule has 3 heteroatoms. The van der Waals surface area contributed by atoms with Crippen molar-refractivity contribution in [1.82, 2.24) is 0 Å². The molecule has 0 spiro atoms. The molecular formula is C16H24O3. The monoisotopic (exact) mass is 264 g/mol. The van der Waals surface area contributed by atoms with Crippen LogP contribution in [0.15, 0.2) is 18.2 Å². The van der Waals surface area contributed by atoms with E-state index in [1.165, 1.54) is 0 Å². The Morgan fingerprint density at radius 3 is 2.47 bits per heavy atom. The Kier molecular flexibility index (Phi) is 4.98. The number of benzene rings is 1. The van der Waals surface area contributed by atoms with Gasteiger partial charge in [-0.1, -0.05) is 26.0 Å². The number of hydrogen-bond acceptors (Lipinski definition) is 2. The summed E-state index contributed by atoms with van der Waals surface area (Å²) in [6, 6.07) is 6.11. The average molecular weight is 264 g/mol. The van der Waals surface area contributed by atoms with Gasteiger partial charge in [0.05, 0.1) is 6.10 Å². The van der Waals surface area contributed by atoms with Gasteiger partial charge in [-0.05, 0) is 49.8 Å². The molecule has 0 saturated heterocycles. The van der Waals surface area contributed by atoms with Gasteiger partial charge in [-0.2, -0.15) is 0 Å². The minimum Gasteiger partial charge on any atom is -0.491 e. The van der Waals surface area contributed by atoms with Crippen molar-refractivity contribution in [1.29, 1.82) is 0 Å². The summed E-state index contributed by atoms with van der Waals surface area (Å²) in [4.78, 5) is 10.7. The summed E-state index contributed by atoms with van der Waals surface area (Å²) in [6.45, 7) is 10.2. The Labute approximate surface area is 115 Å². The summed E-state index contributed by atoms with van der Waals surface area (Å²) in [7, 11) is 0. The fraction of sp³-hybridized carbons (Fsp3) is 0.562. The zero-order valence-corrected chi connectivity index (χ0v) is 12.5. The molecule has 1 rings (SSSR count). The first-order valence-corrected chi connectivity index (χ1v) is 6.72. The van der Waals surface area contributed by atoms with Crippen molar-refractivity contribution < 1.29 is 14.6 Å². The van der Waals surface area contributed by atoms with Gasteiger partial charge < -0.3 is 9.84 Å². The van der Waals surface area contributed by atoms with Gasteiger partial charge in [0.15, 0.2) is 0 Å². The predicted molar refractivity (Wildman–Crippen MR) is 76.8 cm³/mol. The first-order chi connectivity index (χ1) is 8.72. The normalized spacial score (nSPS) is 11.7. The van der Waals surface area contributed by atoms with Gasteiger partial charge in [-0.3, -0.25) is 4.79 Å². The molecule has 0 heterocycles. The second-order valence-electron chi connectivity index (χ2n) is 5.92. The second kappa shape index (κ2) is 6.09.